The summed E-state index contributed by atoms with van der Waals surface area (Å²) in [6, 6.07) is 8.72. The molecule has 1 aliphatic rings. The summed E-state index contributed by atoms with van der Waals surface area (Å²) in [7, 11) is 0. The monoisotopic (exact) mass is 340 g/mol. The third kappa shape index (κ3) is 6.90. The molecular formula is C18H29ClN2O2. The second kappa shape index (κ2) is 9.91. The van der Waals surface area contributed by atoms with Crippen molar-refractivity contribution in [2.24, 2.45) is 5.92 Å². The molecule has 23 heavy (non-hydrogen) atoms. The predicted molar refractivity (Wildman–Crippen MR) is 96.0 cm³/mol. The van der Waals surface area contributed by atoms with Crippen LogP contribution in [0.25, 0.3) is 0 Å². The second-order valence-corrected chi connectivity index (χ2v) is 6.56. The second-order valence-electron chi connectivity index (χ2n) is 6.56. The third-order valence-corrected chi connectivity index (χ3v) is 3.93. The molecule has 0 aliphatic carbocycles. The number of morpholine rings is 1. The zero-order chi connectivity index (χ0) is 15.9. The van der Waals surface area contributed by atoms with Crippen LogP contribution < -0.4 is 10.6 Å². The van der Waals surface area contributed by atoms with Crippen LogP contribution in [-0.2, 0) is 16.0 Å². The van der Waals surface area contributed by atoms with Crippen LogP contribution >= 0.6 is 12.4 Å². The quantitative estimate of drug-likeness (QED) is 0.837. The summed E-state index contributed by atoms with van der Waals surface area (Å²) in [4.78, 5) is 12.1. The lowest BCUT2D eigenvalue weighted by molar-refractivity contribution is -0.122. The molecule has 1 saturated heterocycles. The van der Waals surface area contributed by atoms with Crippen molar-refractivity contribution < 1.29 is 9.53 Å². The summed E-state index contributed by atoms with van der Waals surface area (Å²) in [5.74, 6) is 0.731. The lowest BCUT2D eigenvalue weighted by Crippen LogP contribution is -2.44. The van der Waals surface area contributed by atoms with E-state index in [0.717, 1.165) is 25.1 Å². The first-order valence-corrected chi connectivity index (χ1v) is 8.24. The fourth-order valence-corrected chi connectivity index (χ4v) is 2.77. The number of nitrogens with one attached hydrogen (secondary N) is 2. The summed E-state index contributed by atoms with van der Waals surface area (Å²) in [5.41, 5.74) is 2.49. The number of amides is 1. The first-order chi connectivity index (χ1) is 10.5. The van der Waals surface area contributed by atoms with E-state index in [1.165, 1.54) is 5.56 Å². The molecule has 1 aliphatic heterocycles. The van der Waals surface area contributed by atoms with Gasteiger partial charge in [0, 0.05) is 19.0 Å². The van der Waals surface area contributed by atoms with E-state index in [4.69, 9.17) is 4.74 Å². The molecule has 1 aromatic rings. The van der Waals surface area contributed by atoms with E-state index in [-0.39, 0.29) is 30.4 Å². The zero-order valence-corrected chi connectivity index (χ0v) is 15.1. The molecule has 2 rings (SSSR count). The molecule has 0 radical (unpaired) electrons. The number of ether oxygens (including phenoxy) is 1. The largest absolute Gasteiger partial charge is 0.378 e. The van der Waals surface area contributed by atoms with E-state index in [1.54, 1.807) is 0 Å². The smallest absolute Gasteiger partial charge is 0.222 e. The van der Waals surface area contributed by atoms with Crippen LogP contribution in [0.4, 0.5) is 0 Å². The van der Waals surface area contributed by atoms with Gasteiger partial charge in [-0.1, -0.05) is 38.1 Å². The molecule has 2 atom stereocenters. The minimum Gasteiger partial charge on any atom is -0.378 e. The third-order valence-electron chi connectivity index (χ3n) is 3.93. The van der Waals surface area contributed by atoms with Crippen LogP contribution in [0, 0.1) is 5.92 Å². The van der Waals surface area contributed by atoms with Crippen LogP contribution in [-0.4, -0.2) is 31.7 Å². The van der Waals surface area contributed by atoms with Crippen molar-refractivity contribution in [1.82, 2.24) is 10.6 Å². The predicted octanol–water partition coefficient (Wildman–Crippen LogP) is 2.86. The van der Waals surface area contributed by atoms with E-state index in [2.05, 4.69) is 48.7 Å². The SMILES string of the molecule is CC(C)Cc1ccc(C(C)NC(=O)CC2COCCN2)cc1.Cl. The number of halogens is 1. The molecular weight excluding hydrogens is 312 g/mol. The Morgan fingerprint density at radius 1 is 1.30 bits per heavy atom. The van der Waals surface area contributed by atoms with E-state index < -0.39 is 0 Å². The molecule has 0 saturated carbocycles. The Morgan fingerprint density at radius 2 is 2.00 bits per heavy atom. The van der Waals surface area contributed by atoms with Gasteiger partial charge in [-0.15, -0.1) is 12.4 Å². The molecule has 1 fully saturated rings. The van der Waals surface area contributed by atoms with Crippen molar-refractivity contribution in [2.45, 2.75) is 45.7 Å². The van der Waals surface area contributed by atoms with Gasteiger partial charge in [-0.3, -0.25) is 4.79 Å². The highest BCUT2D eigenvalue weighted by Gasteiger charge is 2.18. The van der Waals surface area contributed by atoms with Crippen LogP contribution in [0.1, 0.15) is 44.4 Å². The number of hydrogen-bond donors (Lipinski definition) is 2. The van der Waals surface area contributed by atoms with E-state index in [1.807, 2.05) is 6.92 Å². The van der Waals surface area contributed by atoms with Crippen LogP contribution in [0.15, 0.2) is 24.3 Å². The number of rotatable bonds is 6. The van der Waals surface area contributed by atoms with Gasteiger partial charge in [0.15, 0.2) is 0 Å². The highest BCUT2D eigenvalue weighted by molar-refractivity contribution is 5.85. The first-order valence-electron chi connectivity index (χ1n) is 8.24. The summed E-state index contributed by atoms with van der Waals surface area (Å²) in [5, 5.41) is 6.37. The summed E-state index contributed by atoms with van der Waals surface area (Å²) in [6.45, 7) is 8.65. The molecule has 130 valence electrons. The molecule has 1 aromatic carbocycles. The fraction of sp³-hybridized carbons (Fsp3) is 0.611. The van der Waals surface area contributed by atoms with Crippen LogP contribution in [0.2, 0.25) is 0 Å². The molecule has 2 unspecified atom stereocenters. The number of carbonyl (C=O) groups excluding carboxylic acids is 1. The summed E-state index contributed by atoms with van der Waals surface area (Å²) >= 11 is 0. The van der Waals surface area contributed by atoms with E-state index in [0.29, 0.717) is 18.9 Å². The molecule has 4 nitrogen and oxygen atoms in total. The molecule has 2 N–H and O–H groups in total. The van der Waals surface area contributed by atoms with Crippen molar-refractivity contribution in [1.29, 1.82) is 0 Å². The van der Waals surface area contributed by atoms with Crippen molar-refractivity contribution in [3.05, 3.63) is 35.4 Å². The maximum atomic E-state index is 12.1. The minimum absolute atomic E-state index is 0. The molecule has 1 amide bonds. The van der Waals surface area contributed by atoms with Crippen molar-refractivity contribution in [3.63, 3.8) is 0 Å². The highest BCUT2D eigenvalue weighted by atomic mass is 35.5. The van der Waals surface area contributed by atoms with Gasteiger partial charge in [0.25, 0.3) is 0 Å². The van der Waals surface area contributed by atoms with Crippen LogP contribution in [0.3, 0.4) is 0 Å². The van der Waals surface area contributed by atoms with Gasteiger partial charge in [0.1, 0.15) is 0 Å². The van der Waals surface area contributed by atoms with E-state index >= 15 is 0 Å². The van der Waals surface area contributed by atoms with Gasteiger partial charge in [0.05, 0.1) is 19.3 Å². The Bertz CT molecular complexity index is 470. The number of benzene rings is 1. The Morgan fingerprint density at radius 3 is 2.57 bits per heavy atom. The molecule has 5 heteroatoms. The van der Waals surface area contributed by atoms with Gasteiger partial charge < -0.3 is 15.4 Å². The molecule has 1 heterocycles. The molecule has 0 aromatic heterocycles. The Hall–Kier alpha value is -1.10. The lowest BCUT2D eigenvalue weighted by Gasteiger charge is -2.24. The van der Waals surface area contributed by atoms with Gasteiger partial charge in [-0.2, -0.15) is 0 Å². The minimum atomic E-state index is 0. The van der Waals surface area contributed by atoms with Crippen molar-refractivity contribution in [3.8, 4) is 0 Å². The van der Waals surface area contributed by atoms with Crippen LogP contribution in [0.5, 0.6) is 0 Å². The maximum absolute atomic E-state index is 12.1. The molecule has 0 bridgehead atoms. The molecule has 0 spiro atoms. The lowest BCUT2D eigenvalue weighted by atomic mass is 10.00. The Kier molecular flexibility index (Phi) is 8.59. The van der Waals surface area contributed by atoms with Crippen molar-refractivity contribution in [2.75, 3.05) is 19.8 Å². The van der Waals surface area contributed by atoms with Crippen molar-refractivity contribution >= 4 is 18.3 Å². The average molecular weight is 341 g/mol. The highest BCUT2D eigenvalue weighted by Crippen LogP contribution is 2.16. The zero-order valence-electron chi connectivity index (χ0n) is 14.3. The fourth-order valence-electron chi connectivity index (χ4n) is 2.77. The topological polar surface area (TPSA) is 50.4 Å². The first kappa shape index (κ1) is 19.9. The summed E-state index contributed by atoms with van der Waals surface area (Å²) < 4.78 is 5.37. The average Bonchev–Trinajstić information content (AvgIpc) is 2.48. The number of hydrogen-bond acceptors (Lipinski definition) is 3. The van der Waals surface area contributed by atoms with Gasteiger partial charge >= 0.3 is 0 Å². The van der Waals surface area contributed by atoms with Gasteiger partial charge in [-0.25, -0.2) is 0 Å². The number of carbonyl (C=O) groups is 1. The van der Waals surface area contributed by atoms with E-state index in [9.17, 15) is 4.79 Å². The summed E-state index contributed by atoms with van der Waals surface area (Å²) in [6.07, 6.45) is 1.56. The standard InChI is InChI=1S/C18H28N2O2.ClH/c1-13(2)10-15-4-6-16(7-5-15)14(3)20-18(21)11-17-12-22-9-8-19-17;/h4-7,13-14,17,19H,8-12H2,1-3H3,(H,20,21);1H. The normalized spacial score (nSPS) is 19.0. The Balaban J connectivity index is 0.00000264. The maximum Gasteiger partial charge on any atom is 0.222 e. The van der Waals surface area contributed by atoms with Gasteiger partial charge in [-0.05, 0) is 30.4 Å². The Labute approximate surface area is 145 Å². The van der Waals surface area contributed by atoms with Gasteiger partial charge in [0.2, 0.25) is 5.91 Å².